The maximum Gasteiger partial charge on any atom is 0.122 e. The summed E-state index contributed by atoms with van der Waals surface area (Å²) in [4.78, 5) is 2.15. The van der Waals surface area contributed by atoms with Gasteiger partial charge in [0.15, 0.2) is 0 Å². The van der Waals surface area contributed by atoms with E-state index in [0.717, 1.165) is 35.3 Å². The van der Waals surface area contributed by atoms with E-state index >= 15 is 0 Å². The molecule has 0 aliphatic rings. The van der Waals surface area contributed by atoms with Gasteiger partial charge < -0.3 is 15.4 Å². The molecule has 3 N–H and O–H groups in total. The molecule has 0 heterocycles. The first kappa shape index (κ1) is 14.0. The fourth-order valence-corrected chi connectivity index (χ4v) is 2.23. The zero-order valence-electron chi connectivity index (χ0n) is 10.2. The summed E-state index contributed by atoms with van der Waals surface area (Å²) in [6, 6.07) is 5.69. The molecule has 5 heteroatoms. The Morgan fingerprint density at radius 3 is 2.76 bits per heavy atom. The third-order valence-electron chi connectivity index (χ3n) is 2.51. The fraction of sp³-hybridized carbons (Fsp3) is 0.417. The van der Waals surface area contributed by atoms with Crippen LogP contribution < -0.4 is 10.6 Å². The molecule has 94 valence electrons. The van der Waals surface area contributed by atoms with E-state index in [1.807, 2.05) is 25.2 Å². The maximum absolute atomic E-state index is 7.37. The number of anilines is 1. The third kappa shape index (κ3) is 4.02. The van der Waals surface area contributed by atoms with E-state index < -0.39 is 0 Å². The Labute approximate surface area is 110 Å². The first-order chi connectivity index (χ1) is 8.06. The Bertz CT molecular complexity index is 395. The Morgan fingerprint density at radius 1 is 1.53 bits per heavy atom. The maximum atomic E-state index is 7.37. The molecule has 0 saturated heterocycles. The molecule has 17 heavy (non-hydrogen) atoms. The minimum atomic E-state index is 0.0827. The summed E-state index contributed by atoms with van der Waals surface area (Å²) >= 11 is 3.50. The van der Waals surface area contributed by atoms with Crippen molar-refractivity contribution < 1.29 is 4.74 Å². The standard InChI is InChI=1S/C12H18BrN3O/c1-16(6-3-7-17-2)11-5-4-9(12(14)15)8-10(11)13/h4-5,8H,3,6-7H2,1-2H3,(H3,14,15). The van der Waals surface area contributed by atoms with E-state index in [1.54, 1.807) is 7.11 Å². The van der Waals surface area contributed by atoms with E-state index in [0.29, 0.717) is 0 Å². The highest BCUT2D eigenvalue weighted by molar-refractivity contribution is 9.10. The largest absolute Gasteiger partial charge is 0.385 e. The number of nitrogens with one attached hydrogen (secondary N) is 1. The predicted octanol–water partition coefficient (Wildman–Crippen LogP) is 2.21. The highest BCUT2D eigenvalue weighted by atomic mass is 79.9. The number of hydrogen-bond donors (Lipinski definition) is 2. The summed E-state index contributed by atoms with van der Waals surface area (Å²) in [6.07, 6.45) is 0.980. The summed E-state index contributed by atoms with van der Waals surface area (Å²) in [5.74, 6) is 0.0827. The average molecular weight is 300 g/mol. The zero-order chi connectivity index (χ0) is 12.8. The second-order valence-electron chi connectivity index (χ2n) is 3.85. The van der Waals surface area contributed by atoms with Crippen LogP contribution in [0.25, 0.3) is 0 Å². The minimum absolute atomic E-state index is 0.0827. The lowest BCUT2D eigenvalue weighted by molar-refractivity contribution is 0.196. The summed E-state index contributed by atoms with van der Waals surface area (Å²) in [5, 5.41) is 7.37. The molecule has 0 bridgehead atoms. The first-order valence-electron chi connectivity index (χ1n) is 5.40. The number of halogens is 1. The van der Waals surface area contributed by atoms with Gasteiger partial charge in [0.05, 0.1) is 5.69 Å². The van der Waals surface area contributed by atoms with E-state index in [1.165, 1.54) is 0 Å². The molecule has 0 saturated carbocycles. The quantitative estimate of drug-likeness (QED) is 0.481. The number of hydrogen-bond acceptors (Lipinski definition) is 3. The molecule has 0 radical (unpaired) electrons. The molecule has 1 aromatic rings. The first-order valence-corrected chi connectivity index (χ1v) is 6.19. The molecule has 1 rings (SSSR count). The van der Waals surface area contributed by atoms with Gasteiger partial charge in [0.2, 0.25) is 0 Å². The highest BCUT2D eigenvalue weighted by Gasteiger charge is 2.07. The molecular weight excluding hydrogens is 282 g/mol. The lowest BCUT2D eigenvalue weighted by atomic mass is 10.2. The molecule has 0 spiro atoms. The number of nitrogen functional groups attached to an aromatic ring is 1. The van der Waals surface area contributed by atoms with Gasteiger partial charge in [0.1, 0.15) is 5.84 Å². The monoisotopic (exact) mass is 299 g/mol. The van der Waals surface area contributed by atoms with Crippen LogP contribution in [0.15, 0.2) is 22.7 Å². The van der Waals surface area contributed by atoms with Gasteiger partial charge in [-0.2, -0.15) is 0 Å². The summed E-state index contributed by atoms with van der Waals surface area (Å²) in [5.41, 5.74) is 7.26. The van der Waals surface area contributed by atoms with Crippen molar-refractivity contribution in [2.45, 2.75) is 6.42 Å². The summed E-state index contributed by atoms with van der Waals surface area (Å²) in [7, 11) is 3.74. The van der Waals surface area contributed by atoms with Crippen molar-refractivity contribution >= 4 is 27.5 Å². The van der Waals surface area contributed by atoms with Crippen molar-refractivity contribution in [1.29, 1.82) is 5.41 Å². The van der Waals surface area contributed by atoms with Gasteiger partial charge in [-0.25, -0.2) is 0 Å². The van der Waals surface area contributed by atoms with Gasteiger partial charge in [-0.15, -0.1) is 0 Å². The van der Waals surface area contributed by atoms with Crippen LogP contribution in [-0.4, -0.2) is 33.1 Å². The van der Waals surface area contributed by atoms with Crippen LogP contribution in [0.1, 0.15) is 12.0 Å². The number of ether oxygens (including phenoxy) is 1. The normalized spacial score (nSPS) is 10.3. The number of methoxy groups -OCH3 is 1. The predicted molar refractivity (Wildman–Crippen MR) is 74.9 cm³/mol. The molecule has 0 amide bonds. The third-order valence-corrected chi connectivity index (χ3v) is 3.15. The van der Waals surface area contributed by atoms with Gasteiger partial charge in [-0.1, -0.05) is 0 Å². The second-order valence-corrected chi connectivity index (χ2v) is 4.70. The fourth-order valence-electron chi connectivity index (χ4n) is 1.55. The molecule has 4 nitrogen and oxygen atoms in total. The number of rotatable bonds is 6. The minimum Gasteiger partial charge on any atom is -0.385 e. The van der Waals surface area contributed by atoms with Crippen LogP contribution in [0.4, 0.5) is 5.69 Å². The van der Waals surface area contributed by atoms with E-state index in [2.05, 4.69) is 20.8 Å². The molecule has 0 aromatic heterocycles. The van der Waals surface area contributed by atoms with E-state index in [-0.39, 0.29) is 5.84 Å². The van der Waals surface area contributed by atoms with Gasteiger partial charge in [0.25, 0.3) is 0 Å². The summed E-state index contributed by atoms with van der Waals surface area (Å²) < 4.78 is 5.98. The van der Waals surface area contributed by atoms with Crippen LogP contribution in [-0.2, 0) is 4.74 Å². The van der Waals surface area contributed by atoms with Crippen molar-refractivity contribution in [1.82, 2.24) is 0 Å². The molecule has 0 atom stereocenters. The smallest absolute Gasteiger partial charge is 0.122 e. The molecule has 0 aliphatic heterocycles. The highest BCUT2D eigenvalue weighted by Crippen LogP contribution is 2.26. The van der Waals surface area contributed by atoms with Crippen molar-refractivity contribution in [2.24, 2.45) is 5.73 Å². The van der Waals surface area contributed by atoms with E-state index in [4.69, 9.17) is 15.9 Å². The van der Waals surface area contributed by atoms with E-state index in [9.17, 15) is 0 Å². The second kappa shape index (κ2) is 6.61. The van der Waals surface area contributed by atoms with Gasteiger partial charge in [0, 0.05) is 37.3 Å². The average Bonchev–Trinajstić information content (AvgIpc) is 2.28. The van der Waals surface area contributed by atoms with Crippen LogP contribution in [0, 0.1) is 5.41 Å². The van der Waals surface area contributed by atoms with Gasteiger partial charge in [-0.3, -0.25) is 5.41 Å². The molecule has 0 aliphatic carbocycles. The van der Waals surface area contributed by atoms with Crippen molar-refractivity contribution in [3.05, 3.63) is 28.2 Å². The lowest BCUT2D eigenvalue weighted by Crippen LogP contribution is -2.20. The zero-order valence-corrected chi connectivity index (χ0v) is 11.8. The molecule has 0 fully saturated rings. The summed E-state index contributed by atoms with van der Waals surface area (Å²) in [6.45, 7) is 1.68. The molecule has 1 aromatic carbocycles. The van der Waals surface area contributed by atoms with Crippen LogP contribution in [0.3, 0.4) is 0 Å². The number of nitrogens with two attached hydrogens (primary N) is 1. The number of nitrogens with zero attached hydrogens (tertiary/aromatic N) is 1. The number of amidine groups is 1. The van der Waals surface area contributed by atoms with Crippen LogP contribution >= 0.6 is 15.9 Å². The SMILES string of the molecule is COCCCN(C)c1ccc(C(=N)N)cc1Br. The van der Waals surface area contributed by atoms with Crippen molar-refractivity contribution in [2.75, 3.05) is 32.2 Å². The van der Waals surface area contributed by atoms with Crippen molar-refractivity contribution in [3.63, 3.8) is 0 Å². The van der Waals surface area contributed by atoms with Gasteiger partial charge >= 0.3 is 0 Å². The Morgan fingerprint density at radius 2 is 2.24 bits per heavy atom. The topological polar surface area (TPSA) is 62.3 Å². The lowest BCUT2D eigenvalue weighted by Gasteiger charge is -2.21. The molecular formula is C12H18BrN3O. The van der Waals surface area contributed by atoms with Crippen molar-refractivity contribution in [3.8, 4) is 0 Å². The Hall–Kier alpha value is -1.07. The molecule has 0 unspecified atom stereocenters. The van der Waals surface area contributed by atoms with Crippen LogP contribution in [0.2, 0.25) is 0 Å². The van der Waals surface area contributed by atoms with Gasteiger partial charge in [-0.05, 0) is 40.5 Å². The Balaban J connectivity index is 2.74. The number of benzene rings is 1. The van der Waals surface area contributed by atoms with Crippen LogP contribution in [0.5, 0.6) is 0 Å². The Kier molecular flexibility index (Phi) is 5.44.